The second-order valence-electron chi connectivity index (χ2n) is 4.06. The van der Waals surface area contributed by atoms with Crippen LogP contribution in [0.15, 0.2) is 29.8 Å². The first kappa shape index (κ1) is 10.9. The van der Waals surface area contributed by atoms with E-state index in [4.69, 9.17) is 5.11 Å². The van der Waals surface area contributed by atoms with Gasteiger partial charge >= 0.3 is 5.97 Å². The van der Waals surface area contributed by atoms with Crippen molar-refractivity contribution in [1.82, 2.24) is 5.32 Å². The van der Waals surface area contributed by atoms with Crippen LogP contribution in [0, 0.1) is 6.92 Å². The lowest BCUT2D eigenvalue weighted by Gasteiger charge is -2.19. The lowest BCUT2D eigenvalue weighted by Crippen LogP contribution is -2.28. The molecule has 0 unspecified atom stereocenters. The summed E-state index contributed by atoms with van der Waals surface area (Å²) in [5.74, 6) is -0.817. The molecule has 0 saturated carbocycles. The lowest BCUT2D eigenvalue weighted by atomic mass is 9.94. The van der Waals surface area contributed by atoms with Crippen molar-refractivity contribution < 1.29 is 9.90 Å². The summed E-state index contributed by atoms with van der Waals surface area (Å²) in [4.78, 5) is 11.1. The van der Waals surface area contributed by atoms with Gasteiger partial charge in [-0.2, -0.15) is 0 Å². The predicted octanol–water partition coefficient (Wildman–Crippen LogP) is 1.83. The number of hydrogen-bond donors (Lipinski definition) is 2. The fourth-order valence-corrected chi connectivity index (χ4v) is 1.96. The van der Waals surface area contributed by atoms with Gasteiger partial charge in [-0.1, -0.05) is 29.8 Å². The van der Waals surface area contributed by atoms with E-state index in [2.05, 4.69) is 5.32 Å². The maximum Gasteiger partial charge on any atom is 0.333 e. The van der Waals surface area contributed by atoms with Crippen LogP contribution in [0.4, 0.5) is 0 Å². The van der Waals surface area contributed by atoms with Gasteiger partial charge in [-0.05, 0) is 31.0 Å². The summed E-state index contributed by atoms with van der Waals surface area (Å²) >= 11 is 0. The van der Waals surface area contributed by atoms with Crippen molar-refractivity contribution in [3.8, 4) is 0 Å². The van der Waals surface area contributed by atoms with Crippen LogP contribution >= 0.6 is 0 Å². The molecule has 1 aliphatic rings. The Balaban J connectivity index is 2.43. The van der Waals surface area contributed by atoms with E-state index in [0.717, 1.165) is 24.1 Å². The molecule has 1 aromatic carbocycles. The van der Waals surface area contributed by atoms with Crippen molar-refractivity contribution >= 4 is 11.5 Å². The Hall–Kier alpha value is -1.61. The number of carboxylic acids is 1. The highest BCUT2D eigenvalue weighted by Crippen LogP contribution is 2.24. The van der Waals surface area contributed by atoms with Crippen molar-refractivity contribution in [2.45, 2.75) is 13.3 Å². The van der Waals surface area contributed by atoms with Gasteiger partial charge in [0.1, 0.15) is 0 Å². The molecular weight excluding hydrogens is 202 g/mol. The molecule has 0 bridgehead atoms. The average molecular weight is 217 g/mol. The molecule has 2 rings (SSSR count). The Morgan fingerprint density at radius 1 is 1.31 bits per heavy atom. The standard InChI is InChI=1S/C13H15NO2/c1-9-2-4-10(5-3-9)11-6-7-14-8-12(11)13(15)16/h2-5,14H,6-8H2,1H3,(H,15,16). The zero-order valence-electron chi connectivity index (χ0n) is 9.29. The molecule has 1 aliphatic heterocycles. The van der Waals surface area contributed by atoms with E-state index in [0.29, 0.717) is 12.1 Å². The molecule has 0 fully saturated rings. The molecule has 0 atom stereocenters. The maximum absolute atomic E-state index is 11.1. The molecule has 2 N–H and O–H groups in total. The molecule has 0 amide bonds. The minimum Gasteiger partial charge on any atom is -0.478 e. The summed E-state index contributed by atoms with van der Waals surface area (Å²) in [5.41, 5.74) is 3.68. The van der Waals surface area contributed by atoms with Gasteiger partial charge in [0.2, 0.25) is 0 Å². The minimum atomic E-state index is -0.817. The summed E-state index contributed by atoms with van der Waals surface area (Å²) in [7, 11) is 0. The first-order valence-electron chi connectivity index (χ1n) is 5.41. The minimum absolute atomic E-state index is 0.457. The van der Waals surface area contributed by atoms with E-state index in [9.17, 15) is 4.79 Å². The second-order valence-corrected chi connectivity index (χ2v) is 4.06. The van der Waals surface area contributed by atoms with Gasteiger partial charge in [0, 0.05) is 6.54 Å². The average Bonchev–Trinajstić information content (AvgIpc) is 2.30. The van der Waals surface area contributed by atoms with Crippen LogP contribution < -0.4 is 5.32 Å². The zero-order valence-corrected chi connectivity index (χ0v) is 9.29. The smallest absolute Gasteiger partial charge is 0.333 e. The first-order valence-corrected chi connectivity index (χ1v) is 5.41. The number of nitrogens with one attached hydrogen (secondary N) is 1. The largest absolute Gasteiger partial charge is 0.478 e. The van der Waals surface area contributed by atoms with Gasteiger partial charge in [0.15, 0.2) is 0 Å². The Kier molecular flexibility index (Phi) is 3.06. The van der Waals surface area contributed by atoms with E-state index in [1.807, 2.05) is 31.2 Å². The normalized spacial score (nSPS) is 16.3. The van der Waals surface area contributed by atoms with Crippen LogP contribution in [-0.2, 0) is 4.79 Å². The highest BCUT2D eigenvalue weighted by molar-refractivity contribution is 5.97. The van der Waals surface area contributed by atoms with Crippen LogP contribution in [0.1, 0.15) is 17.5 Å². The Bertz CT molecular complexity index is 432. The van der Waals surface area contributed by atoms with Crippen LogP contribution in [0.25, 0.3) is 5.57 Å². The quantitative estimate of drug-likeness (QED) is 0.794. The van der Waals surface area contributed by atoms with E-state index in [1.54, 1.807) is 0 Å². The number of carboxylic acid groups (broad SMARTS) is 1. The zero-order chi connectivity index (χ0) is 11.5. The fraction of sp³-hybridized carbons (Fsp3) is 0.308. The van der Waals surface area contributed by atoms with Crippen LogP contribution in [-0.4, -0.2) is 24.2 Å². The lowest BCUT2D eigenvalue weighted by molar-refractivity contribution is -0.132. The SMILES string of the molecule is Cc1ccc(C2=C(C(=O)O)CNCC2)cc1. The van der Waals surface area contributed by atoms with Gasteiger partial charge in [0.25, 0.3) is 0 Å². The third-order valence-electron chi connectivity index (χ3n) is 2.88. The van der Waals surface area contributed by atoms with Gasteiger partial charge in [-0.3, -0.25) is 0 Å². The van der Waals surface area contributed by atoms with E-state index < -0.39 is 5.97 Å². The molecule has 0 aliphatic carbocycles. The third kappa shape index (κ3) is 2.14. The van der Waals surface area contributed by atoms with Crippen molar-refractivity contribution in [1.29, 1.82) is 0 Å². The molecule has 1 heterocycles. The van der Waals surface area contributed by atoms with Gasteiger partial charge in [0.05, 0.1) is 5.57 Å². The van der Waals surface area contributed by atoms with Crippen molar-refractivity contribution in [2.24, 2.45) is 0 Å². The molecular formula is C13H15NO2. The molecule has 84 valence electrons. The summed E-state index contributed by atoms with van der Waals surface area (Å²) in [6, 6.07) is 8.03. The predicted molar refractivity (Wildman–Crippen MR) is 63.2 cm³/mol. The Morgan fingerprint density at radius 2 is 2.00 bits per heavy atom. The van der Waals surface area contributed by atoms with Gasteiger partial charge < -0.3 is 10.4 Å². The topological polar surface area (TPSA) is 49.3 Å². The number of hydrogen-bond acceptors (Lipinski definition) is 2. The Labute approximate surface area is 94.8 Å². The fourth-order valence-electron chi connectivity index (χ4n) is 1.96. The van der Waals surface area contributed by atoms with Crippen LogP contribution in [0.5, 0.6) is 0 Å². The van der Waals surface area contributed by atoms with E-state index in [1.165, 1.54) is 5.56 Å². The molecule has 3 nitrogen and oxygen atoms in total. The monoisotopic (exact) mass is 217 g/mol. The molecule has 0 aromatic heterocycles. The Morgan fingerprint density at radius 3 is 2.62 bits per heavy atom. The molecule has 0 saturated heterocycles. The van der Waals surface area contributed by atoms with E-state index >= 15 is 0 Å². The molecule has 0 spiro atoms. The second kappa shape index (κ2) is 4.49. The van der Waals surface area contributed by atoms with Gasteiger partial charge in [-0.15, -0.1) is 0 Å². The molecule has 16 heavy (non-hydrogen) atoms. The summed E-state index contributed by atoms with van der Waals surface area (Å²) in [6.45, 7) is 3.33. The first-order chi connectivity index (χ1) is 7.68. The third-order valence-corrected chi connectivity index (χ3v) is 2.88. The summed E-state index contributed by atoms with van der Waals surface area (Å²) < 4.78 is 0. The highest BCUT2D eigenvalue weighted by Gasteiger charge is 2.18. The number of rotatable bonds is 2. The number of benzene rings is 1. The number of aliphatic carboxylic acids is 1. The van der Waals surface area contributed by atoms with E-state index in [-0.39, 0.29) is 0 Å². The molecule has 3 heteroatoms. The highest BCUT2D eigenvalue weighted by atomic mass is 16.4. The van der Waals surface area contributed by atoms with Crippen LogP contribution in [0.2, 0.25) is 0 Å². The molecule has 1 aromatic rings. The maximum atomic E-state index is 11.1. The molecule has 0 radical (unpaired) electrons. The summed E-state index contributed by atoms with van der Waals surface area (Å²) in [6.07, 6.45) is 0.782. The number of aryl methyl sites for hydroxylation is 1. The van der Waals surface area contributed by atoms with Crippen molar-refractivity contribution in [2.75, 3.05) is 13.1 Å². The summed E-state index contributed by atoms with van der Waals surface area (Å²) in [5, 5.41) is 12.2. The van der Waals surface area contributed by atoms with Crippen molar-refractivity contribution in [3.63, 3.8) is 0 Å². The van der Waals surface area contributed by atoms with Crippen molar-refractivity contribution in [3.05, 3.63) is 41.0 Å². The number of carbonyl (C=O) groups is 1. The van der Waals surface area contributed by atoms with Gasteiger partial charge in [-0.25, -0.2) is 4.79 Å². The van der Waals surface area contributed by atoms with Crippen LogP contribution in [0.3, 0.4) is 0 Å².